The Hall–Kier alpha value is -2.90. The fraction of sp³-hybridized carbons (Fsp3) is 0.333. The quantitative estimate of drug-likeness (QED) is 0.709. The van der Waals surface area contributed by atoms with E-state index >= 15 is 0 Å². The van der Waals surface area contributed by atoms with Crippen molar-refractivity contribution in [3.05, 3.63) is 29.8 Å². The summed E-state index contributed by atoms with van der Waals surface area (Å²) >= 11 is 0. The SMILES string of the molecule is O=C(O)CCc1cccc(NC(=O)CN2CCC(=O)NC2=O)c1. The van der Waals surface area contributed by atoms with Gasteiger partial charge in [0.05, 0.1) is 0 Å². The lowest BCUT2D eigenvalue weighted by Gasteiger charge is -2.25. The number of imide groups is 1. The van der Waals surface area contributed by atoms with Crippen LogP contribution in [0, 0.1) is 0 Å². The number of carbonyl (C=O) groups excluding carboxylic acids is 3. The van der Waals surface area contributed by atoms with Gasteiger partial charge in [-0.1, -0.05) is 12.1 Å². The number of benzene rings is 1. The van der Waals surface area contributed by atoms with E-state index in [-0.39, 0.29) is 37.7 Å². The van der Waals surface area contributed by atoms with Gasteiger partial charge in [-0.05, 0) is 24.1 Å². The topological polar surface area (TPSA) is 116 Å². The number of urea groups is 1. The lowest BCUT2D eigenvalue weighted by molar-refractivity contribution is -0.137. The van der Waals surface area contributed by atoms with Gasteiger partial charge >= 0.3 is 12.0 Å². The highest BCUT2D eigenvalue weighted by Crippen LogP contribution is 2.12. The molecular weight excluding hydrogens is 302 g/mol. The molecule has 1 aliphatic rings. The Morgan fingerprint density at radius 1 is 1.30 bits per heavy atom. The molecule has 122 valence electrons. The smallest absolute Gasteiger partial charge is 0.324 e. The molecule has 0 radical (unpaired) electrons. The molecule has 8 nitrogen and oxygen atoms in total. The Morgan fingerprint density at radius 2 is 2.09 bits per heavy atom. The third-order valence-corrected chi connectivity index (χ3v) is 3.32. The summed E-state index contributed by atoms with van der Waals surface area (Å²) in [5, 5.41) is 13.5. The monoisotopic (exact) mass is 319 g/mol. The van der Waals surface area contributed by atoms with Crippen LogP contribution in [0.3, 0.4) is 0 Å². The Kier molecular flexibility index (Phi) is 5.29. The average molecular weight is 319 g/mol. The molecule has 0 atom stereocenters. The Balaban J connectivity index is 1.90. The summed E-state index contributed by atoms with van der Waals surface area (Å²) < 4.78 is 0. The van der Waals surface area contributed by atoms with Gasteiger partial charge in [-0.15, -0.1) is 0 Å². The molecule has 3 N–H and O–H groups in total. The van der Waals surface area contributed by atoms with E-state index in [1.54, 1.807) is 24.3 Å². The second kappa shape index (κ2) is 7.39. The van der Waals surface area contributed by atoms with Crippen molar-refractivity contribution < 1.29 is 24.3 Å². The number of aliphatic carboxylic acids is 1. The minimum Gasteiger partial charge on any atom is -0.481 e. The molecule has 0 aliphatic carbocycles. The number of nitrogens with one attached hydrogen (secondary N) is 2. The van der Waals surface area contributed by atoms with Gasteiger partial charge in [0.15, 0.2) is 0 Å². The largest absolute Gasteiger partial charge is 0.481 e. The Bertz CT molecular complexity index is 644. The third kappa shape index (κ3) is 5.10. The summed E-state index contributed by atoms with van der Waals surface area (Å²) in [4.78, 5) is 46.4. The second-order valence-corrected chi connectivity index (χ2v) is 5.17. The zero-order chi connectivity index (χ0) is 16.8. The molecule has 1 aliphatic heterocycles. The van der Waals surface area contributed by atoms with E-state index in [9.17, 15) is 19.2 Å². The summed E-state index contributed by atoms with van der Waals surface area (Å²) in [6.45, 7) is 0.0508. The van der Waals surface area contributed by atoms with Gasteiger partial charge in [0.25, 0.3) is 0 Å². The van der Waals surface area contributed by atoms with Crippen LogP contribution < -0.4 is 10.6 Å². The maximum absolute atomic E-state index is 12.0. The van der Waals surface area contributed by atoms with Gasteiger partial charge < -0.3 is 15.3 Å². The second-order valence-electron chi connectivity index (χ2n) is 5.17. The molecule has 1 aromatic carbocycles. The minimum absolute atomic E-state index is 0.0133. The van der Waals surface area contributed by atoms with Crippen molar-refractivity contribution in [2.45, 2.75) is 19.3 Å². The van der Waals surface area contributed by atoms with Crippen molar-refractivity contribution in [1.29, 1.82) is 0 Å². The first-order valence-electron chi connectivity index (χ1n) is 7.13. The summed E-state index contributed by atoms with van der Waals surface area (Å²) in [5.41, 5.74) is 1.33. The van der Waals surface area contributed by atoms with E-state index in [0.717, 1.165) is 5.56 Å². The number of nitrogens with zero attached hydrogens (tertiary/aromatic N) is 1. The predicted octanol–water partition coefficient (Wildman–Crippen LogP) is 0.584. The Labute approximate surface area is 132 Å². The number of rotatable bonds is 6. The molecule has 1 aromatic rings. The van der Waals surface area contributed by atoms with Crippen LogP contribution in [0.1, 0.15) is 18.4 Å². The van der Waals surface area contributed by atoms with Gasteiger partial charge in [0.2, 0.25) is 11.8 Å². The van der Waals surface area contributed by atoms with E-state index in [1.807, 2.05) is 0 Å². The predicted molar refractivity (Wildman–Crippen MR) is 80.8 cm³/mol. The number of carboxylic acid groups (broad SMARTS) is 1. The molecule has 1 saturated heterocycles. The number of aryl methyl sites for hydroxylation is 1. The van der Waals surface area contributed by atoms with E-state index in [1.165, 1.54) is 4.90 Å². The average Bonchev–Trinajstić information content (AvgIpc) is 2.48. The van der Waals surface area contributed by atoms with Gasteiger partial charge in [0.1, 0.15) is 6.54 Å². The fourth-order valence-electron chi connectivity index (χ4n) is 2.18. The molecule has 2 rings (SSSR count). The zero-order valence-electron chi connectivity index (χ0n) is 12.4. The number of amides is 4. The zero-order valence-corrected chi connectivity index (χ0v) is 12.4. The maximum atomic E-state index is 12.0. The van der Waals surface area contributed by atoms with E-state index in [4.69, 9.17) is 5.11 Å². The molecule has 4 amide bonds. The number of hydrogen-bond acceptors (Lipinski definition) is 4. The summed E-state index contributed by atoms with van der Waals surface area (Å²) in [7, 11) is 0. The van der Waals surface area contributed by atoms with Gasteiger partial charge in [0, 0.05) is 25.1 Å². The lowest BCUT2D eigenvalue weighted by atomic mass is 10.1. The van der Waals surface area contributed by atoms with Crippen molar-refractivity contribution in [3.63, 3.8) is 0 Å². The van der Waals surface area contributed by atoms with Crippen molar-refractivity contribution >= 4 is 29.5 Å². The number of hydrogen-bond donors (Lipinski definition) is 3. The van der Waals surface area contributed by atoms with Crippen LogP contribution in [0.15, 0.2) is 24.3 Å². The van der Waals surface area contributed by atoms with E-state index in [2.05, 4.69) is 10.6 Å². The lowest BCUT2D eigenvalue weighted by Crippen LogP contribution is -2.51. The molecule has 0 spiro atoms. The normalized spacial score (nSPS) is 14.3. The van der Waals surface area contributed by atoms with E-state index < -0.39 is 12.0 Å². The summed E-state index contributed by atoms with van der Waals surface area (Å²) in [6, 6.07) is 6.30. The molecule has 23 heavy (non-hydrogen) atoms. The highest BCUT2D eigenvalue weighted by Gasteiger charge is 2.24. The highest BCUT2D eigenvalue weighted by molar-refractivity contribution is 6.00. The van der Waals surface area contributed by atoms with Crippen LogP contribution in [0.5, 0.6) is 0 Å². The van der Waals surface area contributed by atoms with Crippen molar-refractivity contribution in [2.75, 3.05) is 18.4 Å². The van der Waals surface area contributed by atoms with Crippen molar-refractivity contribution in [1.82, 2.24) is 10.2 Å². The molecule has 0 unspecified atom stereocenters. The number of carboxylic acids is 1. The number of carbonyl (C=O) groups is 4. The first kappa shape index (κ1) is 16.5. The first-order chi connectivity index (χ1) is 10.9. The standard InChI is InChI=1S/C15H17N3O5/c19-12-6-7-18(15(23)17-12)9-13(20)16-11-3-1-2-10(8-11)4-5-14(21)22/h1-3,8H,4-7,9H2,(H,16,20)(H,21,22)(H,17,19,23). The maximum Gasteiger partial charge on any atom is 0.324 e. The molecule has 8 heteroatoms. The minimum atomic E-state index is -0.884. The van der Waals surface area contributed by atoms with Crippen LogP contribution in [0.25, 0.3) is 0 Å². The first-order valence-corrected chi connectivity index (χ1v) is 7.13. The Morgan fingerprint density at radius 3 is 2.78 bits per heavy atom. The molecule has 1 fully saturated rings. The van der Waals surface area contributed by atoms with Gasteiger partial charge in [-0.3, -0.25) is 19.7 Å². The van der Waals surface area contributed by atoms with Crippen molar-refractivity contribution in [3.8, 4) is 0 Å². The molecule has 0 bridgehead atoms. The van der Waals surface area contributed by atoms with Crippen LogP contribution >= 0.6 is 0 Å². The van der Waals surface area contributed by atoms with E-state index in [0.29, 0.717) is 12.1 Å². The van der Waals surface area contributed by atoms with Crippen LogP contribution in [-0.4, -0.2) is 46.9 Å². The van der Waals surface area contributed by atoms with Crippen LogP contribution in [0.2, 0.25) is 0 Å². The molecule has 0 saturated carbocycles. The van der Waals surface area contributed by atoms with Crippen LogP contribution in [-0.2, 0) is 20.8 Å². The summed E-state index contributed by atoms with van der Waals surface area (Å²) in [5.74, 6) is -1.62. The van der Waals surface area contributed by atoms with Gasteiger partial charge in [-0.25, -0.2) is 4.79 Å². The van der Waals surface area contributed by atoms with Crippen molar-refractivity contribution in [2.24, 2.45) is 0 Å². The molecular formula is C15H17N3O5. The van der Waals surface area contributed by atoms with Crippen LogP contribution in [0.4, 0.5) is 10.5 Å². The molecule has 1 heterocycles. The summed E-state index contributed by atoms with van der Waals surface area (Å²) in [6.07, 6.45) is 0.554. The third-order valence-electron chi connectivity index (χ3n) is 3.32. The van der Waals surface area contributed by atoms with Gasteiger partial charge in [-0.2, -0.15) is 0 Å². The number of anilines is 1. The highest BCUT2D eigenvalue weighted by atomic mass is 16.4. The molecule has 0 aromatic heterocycles. The fourth-order valence-corrected chi connectivity index (χ4v) is 2.18.